The van der Waals surface area contributed by atoms with Crippen LogP contribution in [0, 0.1) is 17.0 Å². The van der Waals surface area contributed by atoms with Crippen LogP contribution in [0.2, 0.25) is 0 Å². The number of aryl methyl sites for hydroxylation is 1. The van der Waals surface area contributed by atoms with Crippen LogP contribution in [0.25, 0.3) is 0 Å². The third-order valence-electron chi connectivity index (χ3n) is 2.60. The van der Waals surface area contributed by atoms with Crippen LogP contribution < -0.4 is 5.32 Å². The Bertz CT molecular complexity index is 685. The van der Waals surface area contributed by atoms with Crippen LogP contribution in [0.5, 0.6) is 0 Å². The van der Waals surface area contributed by atoms with Crippen LogP contribution in [0.3, 0.4) is 0 Å². The molecule has 20 heavy (non-hydrogen) atoms. The van der Waals surface area contributed by atoms with E-state index in [-0.39, 0.29) is 16.9 Å². The first-order chi connectivity index (χ1) is 9.47. The average molecular weight is 273 g/mol. The molecular weight excluding hydrogens is 262 g/mol. The van der Waals surface area contributed by atoms with E-state index in [0.29, 0.717) is 5.69 Å². The number of nitro benzene ring substituents is 1. The van der Waals surface area contributed by atoms with E-state index >= 15 is 0 Å². The molecule has 0 aliphatic carbocycles. The Labute approximate surface area is 114 Å². The molecule has 0 bridgehead atoms. The normalized spacial score (nSPS) is 10.1. The topological polar surface area (TPSA) is 105 Å². The van der Waals surface area contributed by atoms with Crippen LogP contribution in [0.4, 0.5) is 17.1 Å². The van der Waals surface area contributed by atoms with Crippen LogP contribution in [0.1, 0.15) is 15.9 Å². The van der Waals surface area contributed by atoms with Gasteiger partial charge in [-0.05, 0) is 24.6 Å². The second-order valence-electron chi connectivity index (χ2n) is 4.17. The summed E-state index contributed by atoms with van der Waals surface area (Å²) in [6.07, 6.45) is 3.21. The molecule has 0 unspecified atom stereocenters. The lowest BCUT2D eigenvalue weighted by Gasteiger charge is -2.09. The van der Waals surface area contributed by atoms with Gasteiger partial charge < -0.3 is 10.4 Å². The lowest BCUT2D eigenvalue weighted by atomic mass is 10.1. The van der Waals surface area contributed by atoms with Gasteiger partial charge in [0.15, 0.2) is 0 Å². The van der Waals surface area contributed by atoms with Crippen molar-refractivity contribution in [2.75, 3.05) is 5.32 Å². The maximum Gasteiger partial charge on any atom is 0.338 e. The zero-order chi connectivity index (χ0) is 14.7. The van der Waals surface area contributed by atoms with E-state index in [0.717, 1.165) is 11.6 Å². The SMILES string of the molecule is Cc1cncc(Nc2ccc([N+](=O)[O-])cc2C(=O)O)c1. The Morgan fingerprint density at radius 1 is 1.35 bits per heavy atom. The molecule has 1 aromatic carbocycles. The molecule has 0 saturated carbocycles. The molecule has 102 valence electrons. The zero-order valence-electron chi connectivity index (χ0n) is 10.5. The van der Waals surface area contributed by atoms with E-state index < -0.39 is 10.9 Å². The number of aromatic nitrogens is 1. The summed E-state index contributed by atoms with van der Waals surface area (Å²) in [5.74, 6) is -1.24. The van der Waals surface area contributed by atoms with Gasteiger partial charge >= 0.3 is 5.97 Å². The van der Waals surface area contributed by atoms with Crippen molar-refractivity contribution in [1.29, 1.82) is 0 Å². The van der Waals surface area contributed by atoms with Crippen LogP contribution in [-0.2, 0) is 0 Å². The molecule has 7 nitrogen and oxygen atoms in total. The predicted octanol–water partition coefficient (Wildman–Crippen LogP) is 2.74. The number of carboxylic acids is 1. The standard InChI is InChI=1S/C13H11N3O4/c1-8-4-9(7-14-6-8)15-12-3-2-10(16(19)20)5-11(12)13(17)18/h2-7,15H,1H3,(H,17,18). The minimum atomic E-state index is -1.24. The second-order valence-corrected chi connectivity index (χ2v) is 4.17. The van der Waals surface area contributed by atoms with Gasteiger partial charge in [0, 0.05) is 18.3 Å². The summed E-state index contributed by atoms with van der Waals surface area (Å²) < 4.78 is 0. The first-order valence-corrected chi connectivity index (χ1v) is 5.68. The number of nitro groups is 1. The summed E-state index contributed by atoms with van der Waals surface area (Å²) in [4.78, 5) is 25.2. The van der Waals surface area contributed by atoms with E-state index in [1.807, 2.05) is 6.92 Å². The molecule has 0 atom stereocenters. The predicted molar refractivity (Wildman–Crippen MR) is 72.3 cm³/mol. The number of anilines is 2. The maximum absolute atomic E-state index is 11.2. The first kappa shape index (κ1) is 13.5. The van der Waals surface area contributed by atoms with E-state index in [4.69, 9.17) is 5.11 Å². The number of pyridine rings is 1. The molecule has 2 aromatic rings. The summed E-state index contributed by atoms with van der Waals surface area (Å²) >= 11 is 0. The van der Waals surface area contributed by atoms with Gasteiger partial charge in [-0.1, -0.05) is 0 Å². The smallest absolute Gasteiger partial charge is 0.338 e. The molecule has 2 N–H and O–H groups in total. The molecule has 0 amide bonds. The fourth-order valence-corrected chi connectivity index (χ4v) is 1.71. The van der Waals surface area contributed by atoms with Crippen molar-refractivity contribution < 1.29 is 14.8 Å². The van der Waals surface area contributed by atoms with E-state index in [2.05, 4.69) is 10.3 Å². The van der Waals surface area contributed by atoms with Crippen LogP contribution in [-0.4, -0.2) is 21.0 Å². The molecule has 1 heterocycles. The zero-order valence-corrected chi connectivity index (χ0v) is 10.5. The van der Waals surface area contributed by atoms with Gasteiger partial charge in [-0.2, -0.15) is 0 Å². The summed E-state index contributed by atoms with van der Waals surface area (Å²) in [6, 6.07) is 5.43. The van der Waals surface area contributed by atoms with Crippen molar-refractivity contribution in [3.8, 4) is 0 Å². The second kappa shape index (κ2) is 5.35. The number of hydrogen-bond acceptors (Lipinski definition) is 5. The number of carboxylic acid groups (broad SMARTS) is 1. The highest BCUT2D eigenvalue weighted by molar-refractivity contribution is 5.96. The van der Waals surface area contributed by atoms with Crippen molar-refractivity contribution in [1.82, 2.24) is 4.98 Å². The Kier molecular flexibility index (Phi) is 3.60. The Hall–Kier alpha value is -2.96. The van der Waals surface area contributed by atoms with Gasteiger partial charge in [-0.3, -0.25) is 15.1 Å². The molecule has 2 rings (SSSR count). The van der Waals surface area contributed by atoms with E-state index in [1.165, 1.54) is 12.1 Å². The number of carbonyl (C=O) groups is 1. The Balaban J connectivity index is 2.41. The average Bonchev–Trinajstić information content (AvgIpc) is 2.38. The number of nitrogens with zero attached hydrogens (tertiary/aromatic N) is 2. The highest BCUT2D eigenvalue weighted by Gasteiger charge is 2.16. The summed E-state index contributed by atoms with van der Waals surface area (Å²) in [7, 11) is 0. The quantitative estimate of drug-likeness (QED) is 0.655. The lowest BCUT2D eigenvalue weighted by Crippen LogP contribution is -2.04. The monoisotopic (exact) mass is 273 g/mol. The molecule has 0 fully saturated rings. The fraction of sp³-hybridized carbons (Fsp3) is 0.0769. The molecular formula is C13H11N3O4. The Morgan fingerprint density at radius 3 is 2.70 bits per heavy atom. The van der Waals surface area contributed by atoms with Gasteiger partial charge in [0.1, 0.15) is 0 Å². The molecule has 0 spiro atoms. The molecule has 7 heteroatoms. The molecule has 0 aliphatic heterocycles. The van der Waals surface area contributed by atoms with Gasteiger partial charge in [0.2, 0.25) is 0 Å². The van der Waals surface area contributed by atoms with Gasteiger partial charge in [0.25, 0.3) is 5.69 Å². The summed E-state index contributed by atoms with van der Waals surface area (Å²) in [6.45, 7) is 1.85. The minimum Gasteiger partial charge on any atom is -0.478 e. The highest BCUT2D eigenvalue weighted by Crippen LogP contribution is 2.25. The summed E-state index contributed by atoms with van der Waals surface area (Å²) in [5.41, 5.74) is 1.36. The highest BCUT2D eigenvalue weighted by atomic mass is 16.6. The van der Waals surface area contributed by atoms with E-state index in [1.54, 1.807) is 18.5 Å². The first-order valence-electron chi connectivity index (χ1n) is 5.68. The molecule has 1 aromatic heterocycles. The van der Waals surface area contributed by atoms with Crippen LogP contribution in [0.15, 0.2) is 36.7 Å². The number of nitrogens with one attached hydrogen (secondary N) is 1. The van der Waals surface area contributed by atoms with Crippen molar-refractivity contribution >= 4 is 23.0 Å². The molecule has 0 saturated heterocycles. The van der Waals surface area contributed by atoms with Crippen molar-refractivity contribution in [2.24, 2.45) is 0 Å². The number of aromatic carboxylic acids is 1. The van der Waals surface area contributed by atoms with Crippen molar-refractivity contribution in [3.63, 3.8) is 0 Å². The van der Waals surface area contributed by atoms with Gasteiger partial charge in [-0.25, -0.2) is 4.79 Å². The number of benzene rings is 1. The Morgan fingerprint density at radius 2 is 2.10 bits per heavy atom. The third-order valence-corrected chi connectivity index (χ3v) is 2.60. The van der Waals surface area contributed by atoms with Crippen LogP contribution >= 0.6 is 0 Å². The molecule has 0 aliphatic rings. The lowest BCUT2D eigenvalue weighted by molar-refractivity contribution is -0.384. The van der Waals surface area contributed by atoms with Gasteiger partial charge in [0.05, 0.1) is 28.1 Å². The third kappa shape index (κ3) is 2.89. The summed E-state index contributed by atoms with van der Waals surface area (Å²) in [5, 5.41) is 22.7. The maximum atomic E-state index is 11.2. The van der Waals surface area contributed by atoms with Gasteiger partial charge in [-0.15, -0.1) is 0 Å². The minimum absolute atomic E-state index is 0.166. The fourth-order valence-electron chi connectivity index (χ4n) is 1.71. The van der Waals surface area contributed by atoms with Crippen molar-refractivity contribution in [2.45, 2.75) is 6.92 Å². The molecule has 0 radical (unpaired) electrons. The number of non-ortho nitro benzene ring substituents is 1. The largest absolute Gasteiger partial charge is 0.478 e. The number of hydrogen-bond donors (Lipinski definition) is 2. The van der Waals surface area contributed by atoms with E-state index in [9.17, 15) is 14.9 Å². The van der Waals surface area contributed by atoms with Crippen molar-refractivity contribution in [3.05, 3.63) is 57.9 Å². The number of rotatable bonds is 4.